The van der Waals surface area contributed by atoms with Gasteiger partial charge in [0.05, 0.1) is 17.1 Å². The minimum atomic E-state index is -0.479. The van der Waals surface area contributed by atoms with E-state index in [0.717, 1.165) is 22.4 Å². The summed E-state index contributed by atoms with van der Waals surface area (Å²) in [6, 6.07) is 6.09. The number of nitrogens with one attached hydrogen (secondary N) is 2. The van der Waals surface area contributed by atoms with Crippen molar-refractivity contribution in [1.29, 1.82) is 0 Å². The summed E-state index contributed by atoms with van der Waals surface area (Å²) in [4.78, 5) is 7.54. The lowest BCUT2D eigenvalue weighted by Gasteiger charge is -2.09. The van der Waals surface area contributed by atoms with E-state index in [1.807, 2.05) is 19.1 Å². The molecule has 1 aromatic heterocycles. The van der Waals surface area contributed by atoms with Crippen molar-refractivity contribution in [2.24, 2.45) is 5.73 Å². The average molecular weight is 234 g/mol. The van der Waals surface area contributed by atoms with E-state index in [1.165, 1.54) is 0 Å². The molecular formula is C12H18N4O. The first-order chi connectivity index (χ1) is 8.19. The number of aliphatic hydroxyl groups is 1. The van der Waals surface area contributed by atoms with Crippen molar-refractivity contribution in [3.63, 3.8) is 0 Å². The third-order valence-electron chi connectivity index (χ3n) is 2.65. The smallest absolute Gasteiger partial charge is 0.104 e. The highest BCUT2D eigenvalue weighted by Gasteiger charge is 2.02. The van der Waals surface area contributed by atoms with Gasteiger partial charge in [-0.05, 0) is 24.6 Å². The molecule has 0 aliphatic rings. The number of aromatic nitrogens is 2. The molecule has 1 atom stereocenters. The van der Waals surface area contributed by atoms with Crippen molar-refractivity contribution in [1.82, 2.24) is 15.3 Å². The lowest BCUT2D eigenvalue weighted by Crippen LogP contribution is -2.32. The maximum atomic E-state index is 9.31. The Morgan fingerprint density at radius 2 is 2.35 bits per heavy atom. The van der Waals surface area contributed by atoms with Crippen molar-refractivity contribution < 1.29 is 5.11 Å². The lowest BCUT2D eigenvalue weighted by atomic mass is 10.2. The molecule has 1 aromatic carbocycles. The largest absolute Gasteiger partial charge is 0.390 e. The molecule has 0 amide bonds. The van der Waals surface area contributed by atoms with E-state index < -0.39 is 6.10 Å². The maximum Gasteiger partial charge on any atom is 0.104 e. The van der Waals surface area contributed by atoms with Crippen LogP contribution in [-0.4, -0.2) is 34.3 Å². The molecule has 0 radical (unpaired) electrons. The fourth-order valence-corrected chi connectivity index (χ4v) is 1.76. The second-order valence-electron chi connectivity index (χ2n) is 4.19. The molecule has 17 heavy (non-hydrogen) atoms. The van der Waals surface area contributed by atoms with Gasteiger partial charge in [-0.15, -0.1) is 0 Å². The van der Waals surface area contributed by atoms with E-state index in [1.54, 1.807) is 0 Å². The Morgan fingerprint density at radius 1 is 1.53 bits per heavy atom. The summed E-state index contributed by atoms with van der Waals surface area (Å²) in [7, 11) is 0. The fourth-order valence-electron chi connectivity index (χ4n) is 1.76. The number of aryl methyl sites for hydroxylation is 1. The van der Waals surface area contributed by atoms with Crippen LogP contribution < -0.4 is 11.1 Å². The molecule has 0 aliphatic carbocycles. The van der Waals surface area contributed by atoms with Crippen LogP contribution in [0.25, 0.3) is 11.0 Å². The zero-order valence-corrected chi connectivity index (χ0v) is 9.90. The Bertz CT molecular complexity index is 494. The molecule has 0 spiro atoms. The predicted molar refractivity (Wildman–Crippen MR) is 67.6 cm³/mol. The van der Waals surface area contributed by atoms with Crippen molar-refractivity contribution in [2.45, 2.75) is 19.6 Å². The Balaban J connectivity index is 1.99. The normalized spacial score (nSPS) is 13.1. The molecule has 5 nitrogen and oxygen atoms in total. The van der Waals surface area contributed by atoms with Crippen molar-refractivity contribution >= 4 is 11.0 Å². The van der Waals surface area contributed by atoms with Crippen molar-refractivity contribution in [3.8, 4) is 0 Å². The number of benzene rings is 1. The van der Waals surface area contributed by atoms with Gasteiger partial charge in [-0.3, -0.25) is 0 Å². The monoisotopic (exact) mass is 234 g/mol. The highest BCUT2D eigenvalue weighted by Crippen LogP contribution is 2.13. The standard InChI is InChI=1S/C12H18N4O/c1-8-15-11-3-2-9(4-12(11)16-8)6-14-7-10(17)5-13/h2-4,10,14,17H,5-7,13H2,1H3,(H,15,16). The van der Waals surface area contributed by atoms with Crippen LogP contribution in [0.1, 0.15) is 11.4 Å². The van der Waals surface area contributed by atoms with Gasteiger partial charge in [-0.2, -0.15) is 0 Å². The van der Waals surface area contributed by atoms with E-state index in [4.69, 9.17) is 5.73 Å². The van der Waals surface area contributed by atoms with Crippen LogP contribution >= 0.6 is 0 Å². The Labute approximate surface area is 100 Å². The second kappa shape index (κ2) is 5.27. The highest BCUT2D eigenvalue weighted by atomic mass is 16.3. The van der Waals surface area contributed by atoms with Crippen LogP contribution in [0.15, 0.2) is 18.2 Å². The van der Waals surface area contributed by atoms with E-state index >= 15 is 0 Å². The predicted octanol–water partition coefficient (Wildman–Crippen LogP) is 0.281. The number of aromatic amines is 1. The molecule has 0 saturated heterocycles. The van der Waals surface area contributed by atoms with Gasteiger partial charge < -0.3 is 21.1 Å². The highest BCUT2D eigenvalue weighted by molar-refractivity contribution is 5.75. The van der Waals surface area contributed by atoms with Gasteiger partial charge in [0.2, 0.25) is 0 Å². The molecule has 2 rings (SSSR count). The first-order valence-corrected chi connectivity index (χ1v) is 5.73. The zero-order chi connectivity index (χ0) is 12.3. The van der Waals surface area contributed by atoms with Gasteiger partial charge in [-0.25, -0.2) is 4.98 Å². The van der Waals surface area contributed by atoms with Gasteiger partial charge in [0.25, 0.3) is 0 Å². The number of H-pyrrole nitrogens is 1. The van der Waals surface area contributed by atoms with E-state index in [-0.39, 0.29) is 6.54 Å². The van der Waals surface area contributed by atoms with Gasteiger partial charge >= 0.3 is 0 Å². The number of rotatable bonds is 5. The quantitative estimate of drug-likeness (QED) is 0.598. The molecule has 1 heterocycles. The molecule has 1 unspecified atom stereocenters. The second-order valence-corrected chi connectivity index (χ2v) is 4.19. The van der Waals surface area contributed by atoms with Crippen molar-refractivity contribution in [3.05, 3.63) is 29.6 Å². The molecule has 92 valence electrons. The van der Waals surface area contributed by atoms with Gasteiger partial charge in [0.1, 0.15) is 5.82 Å². The lowest BCUT2D eigenvalue weighted by molar-refractivity contribution is 0.179. The Morgan fingerprint density at radius 3 is 3.12 bits per heavy atom. The molecule has 5 N–H and O–H groups in total. The SMILES string of the molecule is Cc1nc2ccc(CNCC(O)CN)cc2[nH]1. The summed E-state index contributed by atoms with van der Waals surface area (Å²) in [6.45, 7) is 3.45. The number of fused-ring (bicyclic) bond motifs is 1. The first-order valence-electron chi connectivity index (χ1n) is 5.73. The summed E-state index contributed by atoms with van der Waals surface area (Å²) in [5.74, 6) is 0.920. The molecule has 2 aromatic rings. The average Bonchev–Trinajstić information content (AvgIpc) is 2.68. The maximum absolute atomic E-state index is 9.31. The van der Waals surface area contributed by atoms with Gasteiger partial charge in [0.15, 0.2) is 0 Å². The van der Waals surface area contributed by atoms with E-state index in [0.29, 0.717) is 13.1 Å². The molecule has 5 heteroatoms. The minimum absolute atomic E-state index is 0.284. The molecule has 0 bridgehead atoms. The fraction of sp³-hybridized carbons (Fsp3) is 0.417. The van der Waals surface area contributed by atoms with Crippen molar-refractivity contribution in [2.75, 3.05) is 13.1 Å². The zero-order valence-electron chi connectivity index (χ0n) is 9.90. The molecular weight excluding hydrogens is 216 g/mol. The third kappa shape index (κ3) is 3.03. The van der Waals surface area contributed by atoms with Crippen LogP contribution in [-0.2, 0) is 6.54 Å². The van der Waals surface area contributed by atoms with Gasteiger partial charge in [0, 0.05) is 19.6 Å². The van der Waals surface area contributed by atoms with E-state index in [9.17, 15) is 5.11 Å². The molecule has 0 saturated carbocycles. The number of hydrogen-bond acceptors (Lipinski definition) is 4. The van der Waals surface area contributed by atoms with Crippen LogP contribution in [0.4, 0.5) is 0 Å². The number of aliphatic hydroxyl groups excluding tert-OH is 1. The topological polar surface area (TPSA) is 87.0 Å². The minimum Gasteiger partial charge on any atom is -0.390 e. The molecule has 0 aliphatic heterocycles. The number of nitrogens with zero attached hydrogens (tertiary/aromatic N) is 1. The molecule has 0 fully saturated rings. The Kier molecular flexibility index (Phi) is 3.73. The van der Waals surface area contributed by atoms with Crippen LogP contribution in [0, 0.1) is 6.92 Å². The number of imidazole rings is 1. The third-order valence-corrected chi connectivity index (χ3v) is 2.65. The van der Waals surface area contributed by atoms with Crippen LogP contribution in [0.3, 0.4) is 0 Å². The number of hydrogen-bond donors (Lipinski definition) is 4. The number of nitrogens with two attached hydrogens (primary N) is 1. The summed E-state index contributed by atoms with van der Waals surface area (Å²) >= 11 is 0. The Hall–Kier alpha value is -1.43. The summed E-state index contributed by atoms with van der Waals surface area (Å²) in [5.41, 5.74) is 8.51. The van der Waals surface area contributed by atoms with Crippen LogP contribution in [0.5, 0.6) is 0 Å². The summed E-state index contributed by atoms with van der Waals surface area (Å²) in [5, 5.41) is 12.5. The summed E-state index contributed by atoms with van der Waals surface area (Å²) < 4.78 is 0. The van der Waals surface area contributed by atoms with Crippen LogP contribution in [0.2, 0.25) is 0 Å². The first kappa shape index (κ1) is 12.0. The van der Waals surface area contributed by atoms with E-state index in [2.05, 4.69) is 21.4 Å². The van der Waals surface area contributed by atoms with Gasteiger partial charge in [-0.1, -0.05) is 6.07 Å². The summed E-state index contributed by atoms with van der Waals surface area (Å²) in [6.07, 6.45) is -0.479.